The lowest BCUT2D eigenvalue weighted by atomic mass is 10.3. The molecule has 0 spiro atoms. The SMILES string of the molecule is Cn1n[n+](-c2ccccc2)cc1COCc1c[n+](-c2ccccc2)nn1C. The lowest BCUT2D eigenvalue weighted by molar-refractivity contribution is -0.661. The maximum atomic E-state index is 5.92. The fourth-order valence-corrected chi connectivity index (χ4v) is 2.84. The van der Waals surface area contributed by atoms with Gasteiger partial charge >= 0.3 is 0 Å². The van der Waals surface area contributed by atoms with E-state index < -0.39 is 0 Å². The molecule has 2 aromatic carbocycles. The first-order chi connectivity index (χ1) is 13.2. The van der Waals surface area contributed by atoms with Crippen LogP contribution in [0.3, 0.4) is 0 Å². The molecule has 0 fully saturated rings. The summed E-state index contributed by atoms with van der Waals surface area (Å²) >= 11 is 0. The van der Waals surface area contributed by atoms with Gasteiger partial charge in [0.1, 0.15) is 27.3 Å². The van der Waals surface area contributed by atoms with Crippen molar-refractivity contribution in [3.8, 4) is 11.4 Å². The minimum absolute atomic E-state index is 0.472. The van der Waals surface area contributed by atoms with Gasteiger partial charge in [-0.2, -0.15) is 0 Å². The summed E-state index contributed by atoms with van der Waals surface area (Å²) in [7, 11) is 3.84. The summed E-state index contributed by atoms with van der Waals surface area (Å²) in [6.45, 7) is 0.944. The smallest absolute Gasteiger partial charge is 0.193 e. The van der Waals surface area contributed by atoms with Crippen LogP contribution in [-0.4, -0.2) is 19.8 Å². The Bertz CT molecular complexity index is 940. The molecule has 0 aliphatic heterocycles. The molecular weight excluding hydrogens is 340 g/mol. The van der Waals surface area contributed by atoms with Crippen molar-refractivity contribution in [2.45, 2.75) is 13.2 Å². The maximum Gasteiger partial charge on any atom is 0.193 e. The van der Waals surface area contributed by atoms with Gasteiger partial charge in [0.2, 0.25) is 0 Å². The standard InChI is InChI=1S/C20H22N6O/c1-23-19(13-25(21-23)17-9-5-3-6-10-17)15-27-16-20-14-26(22-24(20)2)18-11-7-4-8-12-18/h3-14H,15-16H2,1-2H3/q+2. The molecule has 7 heteroatoms. The molecule has 4 aromatic rings. The van der Waals surface area contributed by atoms with Gasteiger partial charge < -0.3 is 4.74 Å². The molecule has 2 aromatic heterocycles. The molecule has 0 saturated carbocycles. The lowest BCUT2D eigenvalue weighted by Crippen LogP contribution is -2.32. The molecular formula is C20H22N6O+2. The van der Waals surface area contributed by atoms with Crippen LogP contribution in [0.2, 0.25) is 0 Å². The zero-order valence-corrected chi connectivity index (χ0v) is 15.4. The zero-order chi connectivity index (χ0) is 18.6. The van der Waals surface area contributed by atoms with Crippen molar-refractivity contribution in [3.05, 3.63) is 84.4 Å². The Morgan fingerprint density at radius 1 is 0.704 bits per heavy atom. The van der Waals surface area contributed by atoms with E-state index >= 15 is 0 Å². The average Bonchev–Trinajstić information content (AvgIpc) is 3.26. The topological polar surface area (TPSA) is 52.6 Å². The fourth-order valence-electron chi connectivity index (χ4n) is 2.84. The van der Waals surface area contributed by atoms with Gasteiger partial charge in [-0.05, 0) is 24.3 Å². The molecule has 0 radical (unpaired) electrons. The number of hydrogen-bond donors (Lipinski definition) is 0. The first-order valence-corrected chi connectivity index (χ1v) is 8.79. The van der Waals surface area contributed by atoms with Crippen LogP contribution in [0.25, 0.3) is 11.4 Å². The number of rotatable bonds is 6. The summed E-state index contributed by atoms with van der Waals surface area (Å²) in [4.78, 5) is 0. The number of aromatic nitrogens is 6. The predicted octanol–water partition coefficient (Wildman–Crippen LogP) is 1.42. The number of aryl methyl sites for hydroxylation is 2. The second-order valence-corrected chi connectivity index (χ2v) is 6.32. The van der Waals surface area contributed by atoms with Crippen molar-refractivity contribution in [1.82, 2.24) is 19.8 Å². The first kappa shape index (κ1) is 17.1. The highest BCUT2D eigenvalue weighted by Crippen LogP contribution is 2.05. The fraction of sp³-hybridized carbons (Fsp3) is 0.200. The van der Waals surface area contributed by atoms with Gasteiger partial charge in [-0.15, -0.1) is 18.7 Å². The summed E-state index contributed by atoms with van der Waals surface area (Å²) < 4.78 is 13.3. The number of benzene rings is 2. The number of para-hydroxylation sites is 2. The van der Waals surface area contributed by atoms with Crippen molar-refractivity contribution in [2.24, 2.45) is 14.1 Å². The Hall–Kier alpha value is -3.32. The van der Waals surface area contributed by atoms with Crippen LogP contribution < -0.4 is 9.36 Å². The second kappa shape index (κ2) is 7.51. The van der Waals surface area contributed by atoms with Crippen LogP contribution in [0.15, 0.2) is 73.1 Å². The molecule has 7 nitrogen and oxygen atoms in total. The molecule has 2 heterocycles. The molecule has 136 valence electrons. The van der Waals surface area contributed by atoms with Gasteiger partial charge in [-0.25, -0.2) is 0 Å². The van der Waals surface area contributed by atoms with Gasteiger partial charge in [0, 0.05) is 0 Å². The van der Waals surface area contributed by atoms with E-state index in [0.717, 1.165) is 22.8 Å². The van der Waals surface area contributed by atoms with E-state index in [0.29, 0.717) is 13.2 Å². The van der Waals surface area contributed by atoms with Gasteiger partial charge in [0.25, 0.3) is 0 Å². The molecule has 0 saturated heterocycles. The van der Waals surface area contributed by atoms with E-state index in [9.17, 15) is 0 Å². The van der Waals surface area contributed by atoms with Crippen molar-refractivity contribution in [1.29, 1.82) is 0 Å². The minimum atomic E-state index is 0.472. The maximum absolute atomic E-state index is 5.92. The third kappa shape index (κ3) is 3.78. The average molecular weight is 362 g/mol. The van der Waals surface area contributed by atoms with E-state index in [-0.39, 0.29) is 0 Å². The Morgan fingerprint density at radius 3 is 1.52 bits per heavy atom. The second-order valence-electron chi connectivity index (χ2n) is 6.32. The van der Waals surface area contributed by atoms with Crippen LogP contribution >= 0.6 is 0 Å². The Balaban J connectivity index is 1.42. The molecule has 0 unspecified atom stereocenters. The molecule has 0 N–H and O–H groups in total. The van der Waals surface area contributed by atoms with Gasteiger partial charge in [0.05, 0.1) is 10.4 Å². The highest BCUT2D eigenvalue weighted by molar-refractivity contribution is 5.21. The minimum Gasteiger partial charge on any atom is -0.364 e. The van der Waals surface area contributed by atoms with Gasteiger partial charge in [-0.3, -0.25) is 0 Å². The first-order valence-electron chi connectivity index (χ1n) is 8.79. The largest absolute Gasteiger partial charge is 0.364 e. The summed E-state index contributed by atoms with van der Waals surface area (Å²) in [6.07, 6.45) is 3.98. The van der Waals surface area contributed by atoms with Crippen LogP contribution in [0, 0.1) is 0 Å². The van der Waals surface area contributed by atoms with E-state index in [4.69, 9.17) is 4.74 Å². The number of ether oxygens (including phenoxy) is 1. The van der Waals surface area contributed by atoms with E-state index in [2.05, 4.69) is 10.4 Å². The quantitative estimate of drug-likeness (QED) is 0.488. The third-order valence-corrected chi connectivity index (χ3v) is 4.38. The monoisotopic (exact) mass is 362 g/mol. The number of nitrogens with zero attached hydrogens (tertiary/aromatic N) is 6. The van der Waals surface area contributed by atoms with Crippen LogP contribution in [0.1, 0.15) is 11.4 Å². The normalized spacial score (nSPS) is 11.0. The summed E-state index contributed by atoms with van der Waals surface area (Å²) in [5, 5.41) is 9.00. The Morgan fingerprint density at radius 2 is 1.11 bits per heavy atom. The highest BCUT2D eigenvalue weighted by Gasteiger charge is 2.17. The summed E-state index contributed by atoms with van der Waals surface area (Å²) in [5.74, 6) is 0. The van der Waals surface area contributed by atoms with Crippen molar-refractivity contribution >= 4 is 0 Å². The predicted molar refractivity (Wildman–Crippen MR) is 98.0 cm³/mol. The van der Waals surface area contributed by atoms with Crippen LogP contribution in [0.5, 0.6) is 0 Å². The van der Waals surface area contributed by atoms with Crippen molar-refractivity contribution in [2.75, 3.05) is 0 Å². The van der Waals surface area contributed by atoms with Crippen LogP contribution in [-0.2, 0) is 32.0 Å². The van der Waals surface area contributed by atoms with Crippen molar-refractivity contribution in [3.63, 3.8) is 0 Å². The zero-order valence-electron chi connectivity index (χ0n) is 15.4. The third-order valence-electron chi connectivity index (χ3n) is 4.38. The van der Waals surface area contributed by atoms with Gasteiger partial charge in [0.15, 0.2) is 35.2 Å². The highest BCUT2D eigenvalue weighted by atomic mass is 16.5. The molecule has 0 atom stereocenters. The van der Waals surface area contributed by atoms with E-state index in [1.54, 1.807) is 0 Å². The Labute approximate surface area is 157 Å². The molecule has 0 amide bonds. The van der Waals surface area contributed by atoms with Crippen molar-refractivity contribution < 1.29 is 14.1 Å². The lowest BCUT2D eigenvalue weighted by Gasteiger charge is -1.97. The molecule has 0 bridgehead atoms. The Kier molecular flexibility index (Phi) is 4.76. The van der Waals surface area contributed by atoms with E-state index in [1.165, 1.54) is 0 Å². The summed E-state index contributed by atoms with van der Waals surface area (Å²) in [6, 6.07) is 20.1. The van der Waals surface area contributed by atoms with Gasteiger partial charge in [-0.1, -0.05) is 36.4 Å². The van der Waals surface area contributed by atoms with Crippen LogP contribution in [0.4, 0.5) is 0 Å². The number of hydrogen-bond acceptors (Lipinski definition) is 3. The molecule has 0 aliphatic carbocycles. The van der Waals surface area contributed by atoms with E-state index in [1.807, 2.05) is 106 Å². The molecule has 27 heavy (non-hydrogen) atoms. The summed E-state index contributed by atoms with van der Waals surface area (Å²) in [5.41, 5.74) is 4.04. The molecule has 4 rings (SSSR count). The molecule has 0 aliphatic rings.